The van der Waals surface area contributed by atoms with Gasteiger partial charge in [-0.15, -0.1) is 0 Å². The molecule has 0 amide bonds. The van der Waals surface area contributed by atoms with E-state index in [4.69, 9.17) is 0 Å². The fourth-order valence-electron chi connectivity index (χ4n) is 1.21. The van der Waals surface area contributed by atoms with E-state index in [0.717, 1.165) is 0 Å². The Balaban J connectivity index is 0.00000121. The molecule has 66 valence electrons. The fraction of sp³-hybridized carbons (Fsp3) is 1.00. The van der Waals surface area contributed by atoms with Crippen LogP contribution in [0, 0.1) is 0 Å². The first kappa shape index (κ1) is 12.8. The molecule has 1 fully saturated rings. The van der Waals surface area contributed by atoms with Gasteiger partial charge in [0.2, 0.25) is 5.92 Å². The van der Waals surface area contributed by atoms with Crippen molar-refractivity contribution >= 4 is 10.7 Å². The second-order valence-corrected chi connectivity index (χ2v) is 4.00. The molecule has 0 spiro atoms. The average Bonchev–Trinajstić information content (AvgIpc) is 1.86. The van der Waals surface area contributed by atoms with Crippen LogP contribution in [-0.2, 0) is 19.1 Å². The minimum atomic E-state index is -2.63. The number of halogens is 2. The van der Waals surface area contributed by atoms with Crippen LogP contribution >= 0.6 is 0 Å². The molecule has 0 radical (unpaired) electrons. The predicted molar refractivity (Wildman–Crippen MR) is 35.9 cm³/mol. The van der Waals surface area contributed by atoms with Crippen molar-refractivity contribution in [3.63, 3.8) is 0 Å². The van der Waals surface area contributed by atoms with Gasteiger partial charge in [-0.3, -0.25) is 0 Å². The van der Waals surface area contributed by atoms with Gasteiger partial charge in [0.15, 0.2) is 0 Å². The molecule has 0 unspecified atom stereocenters. The van der Waals surface area contributed by atoms with Crippen molar-refractivity contribution in [3.05, 3.63) is 0 Å². The Morgan fingerprint density at radius 3 is 1.92 bits per heavy atom. The van der Waals surface area contributed by atoms with Gasteiger partial charge in [-0.05, 0) is 0 Å². The summed E-state index contributed by atoms with van der Waals surface area (Å²) < 4.78 is 45.5. The summed E-state index contributed by atoms with van der Waals surface area (Å²) in [5.41, 5.74) is 0. The summed E-state index contributed by atoms with van der Waals surface area (Å²) in [6.45, 7) is 0. The summed E-state index contributed by atoms with van der Waals surface area (Å²) in [5.74, 6) is -2.63. The SMILES string of the molecule is O=[S-](=O)C1CCC(F)(F)CC1.[Na+]. The second kappa shape index (κ2) is 4.88. The standard InChI is InChI=1S/C6H9F2O2S.Na/c7-6(8)3-1-5(2-4-6)11(9)10;/h5H,1-4H2;/q-1;+1. The molecule has 0 aromatic rings. The molecule has 0 saturated heterocycles. The molecule has 0 aliphatic heterocycles. The van der Waals surface area contributed by atoms with Crippen molar-refractivity contribution in [2.75, 3.05) is 0 Å². The van der Waals surface area contributed by atoms with Gasteiger partial charge >= 0.3 is 29.6 Å². The molecule has 0 bridgehead atoms. The van der Waals surface area contributed by atoms with E-state index in [9.17, 15) is 17.2 Å². The number of rotatable bonds is 1. The van der Waals surface area contributed by atoms with Crippen LogP contribution in [0.5, 0.6) is 0 Å². The molecule has 0 aromatic heterocycles. The molecule has 6 heteroatoms. The Morgan fingerprint density at radius 2 is 1.58 bits per heavy atom. The molecular formula is C6H9F2NaO2S. The number of hydrogen-bond donors (Lipinski definition) is 0. The third-order valence-corrected chi connectivity index (χ3v) is 2.95. The predicted octanol–water partition coefficient (Wildman–Crippen LogP) is -1.12. The van der Waals surface area contributed by atoms with Crippen molar-refractivity contribution in [1.82, 2.24) is 0 Å². The first-order valence-electron chi connectivity index (χ1n) is 3.47. The van der Waals surface area contributed by atoms with Gasteiger partial charge < -0.3 is 8.42 Å². The van der Waals surface area contributed by atoms with Gasteiger partial charge in [-0.1, -0.05) is 28.8 Å². The van der Waals surface area contributed by atoms with Gasteiger partial charge in [-0.2, -0.15) is 0 Å². The largest absolute Gasteiger partial charge is 1.00 e. The van der Waals surface area contributed by atoms with Crippen molar-refractivity contribution < 1.29 is 46.8 Å². The maximum atomic E-state index is 12.4. The van der Waals surface area contributed by atoms with Crippen molar-refractivity contribution in [1.29, 1.82) is 0 Å². The summed E-state index contributed by atoms with van der Waals surface area (Å²) in [5, 5.41) is -0.547. The van der Waals surface area contributed by atoms with E-state index >= 15 is 0 Å². The van der Waals surface area contributed by atoms with Crippen LogP contribution in [0.25, 0.3) is 0 Å². The molecule has 1 rings (SSSR count). The third kappa shape index (κ3) is 3.68. The molecule has 0 heterocycles. The molecule has 12 heavy (non-hydrogen) atoms. The van der Waals surface area contributed by atoms with E-state index < -0.39 is 21.9 Å². The topological polar surface area (TPSA) is 34.1 Å². The summed E-state index contributed by atoms with van der Waals surface area (Å²) in [6, 6.07) is 0. The summed E-state index contributed by atoms with van der Waals surface area (Å²) in [6.07, 6.45) is -0.372. The molecule has 1 aliphatic carbocycles. The van der Waals surface area contributed by atoms with E-state index in [1.807, 2.05) is 0 Å². The Labute approximate surface area is 94.0 Å². The molecule has 2 nitrogen and oxygen atoms in total. The van der Waals surface area contributed by atoms with Crippen LogP contribution in [-0.4, -0.2) is 11.2 Å². The second-order valence-electron chi connectivity index (χ2n) is 2.82. The Morgan fingerprint density at radius 1 is 1.17 bits per heavy atom. The maximum absolute atomic E-state index is 12.4. The van der Waals surface area contributed by atoms with Gasteiger partial charge in [-0.25, -0.2) is 8.78 Å². The zero-order valence-electron chi connectivity index (χ0n) is 6.89. The summed E-state index contributed by atoms with van der Waals surface area (Å²) in [7, 11) is -2.17. The van der Waals surface area contributed by atoms with Crippen LogP contribution in [0.4, 0.5) is 8.78 Å². The van der Waals surface area contributed by atoms with Crippen LogP contribution in [0.2, 0.25) is 0 Å². The molecule has 0 atom stereocenters. The molecule has 1 aliphatic rings. The molecule has 1 saturated carbocycles. The quantitative estimate of drug-likeness (QED) is 0.402. The van der Waals surface area contributed by atoms with E-state index in [-0.39, 0.29) is 55.2 Å². The summed E-state index contributed by atoms with van der Waals surface area (Å²) >= 11 is 0. The number of alkyl halides is 2. The minimum absolute atomic E-state index is 0. The zero-order valence-corrected chi connectivity index (χ0v) is 9.70. The third-order valence-electron chi connectivity index (χ3n) is 1.94. The van der Waals surface area contributed by atoms with Crippen molar-refractivity contribution in [3.8, 4) is 0 Å². The van der Waals surface area contributed by atoms with E-state index in [0.29, 0.717) is 0 Å². The molecule has 0 N–H and O–H groups in total. The zero-order chi connectivity index (χ0) is 8.48. The summed E-state index contributed by atoms with van der Waals surface area (Å²) in [4.78, 5) is 0. The minimum Gasteiger partial charge on any atom is -0.424 e. The average molecular weight is 206 g/mol. The smallest absolute Gasteiger partial charge is 0.424 e. The first-order valence-corrected chi connectivity index (χ1v) is 4.61. The fourth-order valence-corrected chi connectivity index (χ4v) is 1.83. The Hall–Kier alpha value is 0.810. The van der Waals surface area contributed by atoms with Crippen LogP contribution in [0.1, 0.15) is 25.7 Å². The Bertz CT molecular complexity index is 200. The Kier molecular flexibility index (Phi) is 5.21. The van der Waals surface area contributed by atoms with Gasteiger partial charge in [0.1, 0.15) is 0 Å². The van der Waals surface area contributed by atoms with E-state index in [1.165, 1.54) is 0 Å². The number of hydrogen-bond acceptors (Lipinski definition) is 3. The normalized spacial score (nSPS) is 23.6. The van der Waals surface area contributed by atoms with Crippen LogP contribution in [0.15, 0.2) is 0 Å². The van der Waals surface area contributed by atoms with E-state index in [1.54, 1.807) is 0 Å². The van der Waals surface area contributed by atoms with Crippen molar-refractivity contribution in [2.45, 2.75) is 36.9 Å². The molecular weight excluding hydrogens is 197 g/mol. The van der Waals surface area contributed by atoms with E-state index in [2.05, 4.69) is 0 Å². The van der Waals surface area contributed by atoms with Gasteiger partial charge in [0.25, 0.3) is 0 Å². The van der Waals surface area contributed by atoms with Gasteiger partial charge in [0.05, 0.1) is 0 Å². The van der Waals surface area contributed by atoms with Gasteiger partial charge in [0, 0.05) is 12.8 Å². The maximum Gasteiger partial charge on any atom is 1.00 e. The molecule has 0 aromatic carbocycles. The van der Waals surface area contributed by atoms with Crippen LogP contribution in [0.3, 0.4) is 0 Å². The van der Waals surface area contributed by atoms with Crippen LogP contribution < -0.4 is 29.6 Å². The monoisotopic (exact) mass is 206 g/mol. The first-order chi connectivity index (χ1) is 5.01. The van der Waals surface area contributed by atoms with Crippen molar-refractivity contribution in [2.24, 2.45) is 0 Å².